The zero-order valence-electron chi connectivity index (χ0n) is 32.5. The molecule has 2 bridgehead atoms. The summed E-state index contributed by atoms with van der Waals surface area (Å²) in [5.41, 5.74) is -5.50. The van der Waals surface area contributed by atoms with Gasteiger partial charge in [-0.1, -0.05) is 64.4 Å². The molecule has 2 amide bonds. The quantitative estimate of drug-likeness (QED) is 0.175. The number of sulfonamides is 1. The first-order valence-corrected chi connectivity index (χ1v) is 21.1. The number of carbonyl (C=O) groups excluding carboxylic acids is 4. The smallest absolute Gasteiger partial charge is 0.455 e. The summed E-state index contributed by atoms with van der Waals surface area (Å²) >= 11 is 1.03. The van der Waals surface area contributed by atoms with E-state index in [0.29, 0.717) is 17.9 Å². The number of piperidine rings is 2. The molecule has 2 saturated heterocycles. The molecule has 1 aromatic carbocycles. The Hall–Kier alpha value is -3.41. The summed E-state index contributed by atoms with van der Waals surface area (Å²) < 4.78 is 69.9. The number of ether oxygens (including phenoxy) is 1. The molecule has 306 valence electrons. The number of hydrogen-bond acceptors (Lipinski definition) is 10. The van der Waals surface area contributed by atoms with Crippen LogP contribution in [0.5, 0.6) is 0 Å². The van der Waals surface area contributed by atoms with E-state index in [9.17, 15) is 40.8 Å². The van der Waals surface area contributed by atoms with Crippen LogP contribution < -0.4 is 10.0 Å². The van der Waals surface area contributed by atoms with Crippen LogP contribution in [0.2, 0.25) is 0 Å². The van der Waals surface area contributed by atoms with Gasteiger partial charge in [0.2, 0.25) is 5.91 Å². The molecule has 3 heterocycles. The summed E-state index contributed by atoms with van der Waals surface area (Å²) in [7, 11) is -1.99. The van der Waals surface area contributed by atoms with E-state index >= 15 is 0 Å². The Morgan fingerprint density at radius 3 is 2.35 bits per heavy atom. The second-order valence-electron chi connectivity index (χ2n) is 15.5. The van der Waals surface area contributed by atoms with E-state index in [1.54, 1.807) is 42.3 Å². The largest absolute Gasteiger partial charge is 0.511 e. The minimum Gasteiger partial charge on any atom is -0.455 e. The maximum atomic E-state index is 14.3. The third-order valence-corrected chi connectivity index (χ3v) is 13.4. The number of rotatable bonds is 19. The third kappa shape index (κ3) is 10.7. The fourth-order valence-electron chi connectivity index (χ4n) is 7.73. The molecule has 1 aromatic heterocycles. The van der Waals surface area contributed by atoms with Crippen molar-refractivity contribution in [3.05, 3.63) is 52.0 Å². The number of alkyl halides is 3. The number of thiazole rings is 1. The maximum absolute atomic E-state index is 14.3. The molecule has 1 aliphatic carbocycles. The lowest BCUT2D eigenvalue weighted by Gasteiger charge is -2.57. The van der Waals surface area contributed by atoms with Crippen molar-refractivity contribution in [2.24, 2.45) is 23.7 Å². The summed E-state index contributed by atoms with van der Waals surface area (Å²) in [5.74, 6) is -1.61. The van der Waals surface area contributed by atoms with E-state index in [2.05, 4.69) is 15.2 Å². The molecule has 2 aliphatic heterocycles. The Bertz CT molecular complexity index is 1770. The highest BCUT2D eigenvalue weighted by Crippen LogP contribution is 2.49. The van der Waals surface area contributed by atoms with Crippen molar-refractivity contribution in [1.82, 2.24) is 24.8 Å². The lowest BCUT2D eigenvalue weighted by atomic mass is 9.59. The van der Waals surface area contributed by atoms with Crippen LogP contribution in [0.1, 0.15) is 100 Å². The Kier molecular flexibility index (Phi) is 14.7. The number of amides is 2. The van der Waals surface area contributed by atoms with Crippen molar-refractivity contribution in [2.75, 3.05) is 27.2 Å². The van der Waals surface area contributed by atoms with Crippen LogP contribution in [0.4, 0.5) is 13.2 Å². The number of ketones is 1. The van der Waals surface area contributed by atoms with Gasteiger partial charge in [0.25, 0.3) is 5.91 Å². The molecule has 55 heavy (non-hydrogen) atoms. The van der Waals surface area contributed by atoms with Crippen LogP contribution in [0.25, 0.3) is 0 Å². The number of benzene rings is 1. The van der Waals surface area contributed by atoms with Gasteiger partial charge in [-0.25, -0.2) is 18.1 Å². The van der Waals surface area contributed by atoms with Gasteiger partial charge in [0, 0.05) is 56.7 Å². The molecule has 17 heteroatoms. The van der Waals surface area contributed by atoms with Gasteiger partial charge in [-0.3, -0.25) is 24.1 Å². The number of fused-ring (bicyclic) bond motifs is 2. The average molecular weight is 814 g/mol. The molecule has 12 nitrogen and oxygen atoms in total. The summed E-state index contributed by atoms with van der Waals surface area (Å²) in [6.45, 7) is 9.22. The predicted octanol–water partition coefficient (Wildman–Crippen LogP) is 5.51. The van der Waals surface area contributed by atoms with Gasteiger partial charge in [-0.2, -0.15) is 13.2 Å². The van der Waals surface area contributed by atoms with Gasteiger partial charge >= 0.3 is 21.5 Å². The second kappa shape index (κ2) is 18.2. The van der Waals surface area contributed by atoms with Gasteiger partial charge in [-0.05, 0) is 62.6 Å². The van der Waals surface area contributed by atoms with E-state index < -0.39 is 63.6 Å². The Morgan fingerprint density at radius 1 is 1.13 bits per heavy atom. The Labute approximate surface area is 326 Å². The van der Waals surface area contributed by atoms with Gasteiger partial charge in [0.05, 0.1) is 5.54 Å². The summed E-state index contributed by atoms with van der Waals surface area (Å²) in [4.78, 5) is 62.2. The monoisotopic (exact) mass is 813 g/mol. The number of hydrogen-bond donors (Lipinski definition) is 2. The number of halogens is 3. The van der Waals surface area contributed by atoms with Crippen LogP contribution in [0, 0.1) is 23.7 Å². The molecule has 5 rings (SSSR count). The first-order chi connectivity index (χ1) is 25.7. The predicted molar refractivity (Wildman–Crippen MR) is 202 cm³/mol. The molecule has 0 unspecified atom stereocenters. The average Bonchev–Trinajstić information content (AvgIpc) is 3.60. The second-order valence-corrected chi connectivity index (χ2v) is 18.1. The van der Waals surface area contributed by atoms with Crippen molar-refractivity contribution in [2.45, 2.75) is 109 Å². The summed E-state index contributed by atoms with van der Waals surface area (Å²) in [6, 6.07) is 6.98. The number of aromatic nitrogens is 1. The minimum absolute atomic E-state index is 0.0118. The van der Waals surface area contributed by atoms with E-state index in [1.165, 1.54) is 17.0 Å². The van der Waals surface area contributed by atoms with Gasteiger partial charge in [0.15, 0.2) is 11.9 Å². The van der Waals surface area contributed by atoms with Crippen LogP contribution in [-0.4, -0.2) is 97.1 Å². The fraction of sp³-hybridized carbons (Fsp3) is 0.658. The number of likely N-dealkylation sites (N-methyl/N-ethyl adjacent to an activating group) is 1. The lowest BCUT2D eigenvalue weighted by Crippen LogP contribution is -2.65. The van der Waals surface area contributed by atoms with E-state index in [1.807, 2.05) is 34.7 Å². The molecule has 5 atom stereocenters. The number of esters is 1. The number of carbonyl (C=O) groups is 4. The third-order valence-electron chi connectivity index (χ3n) is 11.3. The van der Waals surface area contributed by atoms with Crippen LogP contribution in [0.15, 0.2) is 35.7 Å². The van der Waals surface area contributed by atoms with Crippen LogP contribution in [0.3, 0.4) is 0 Å². The zero-order chi connectivity index (χ0) is 40.9. The molecule has 1 saturated carbocycles. The fourth-order valence-corrected chi connectivity index (χ4v) is 9.16. The van der Waals surface area contributed by atoms with E-state index in [4.69, 9.17) is 4.74 Å². The Morgan fingerprint density at radius 2 is 1.78 bits per heavy atom. The van der Waals surface area contributed by atoms with Crippen LogP contribution >= 0.6 is 11.3 Å². The van der Waals surface area contributed by atoms with Gasteiger partial charge in [0.1, 0.15) is 10.7 Å². The normalized spacial score (nSPS) is 21.5. The lowest BCUT2D eigenvalue weighted by molar-refractivity contribution is -0.154. The van der Waals surface area contributed by atoms with Crippen molar-refractivity contribution in [3.63, 3.8) is 0 Å². The molecular formula is C38H54F3N5O7S2. The van der Waals surface area contributed by atoms with Crippen molar-refractivity contribution in [1.29, 1.82) is 0 Å². The number of nitrogens with zero attached hydrogens (tertiary/aromatic N) is 3. The summed E-state index contributed by atoms with van der Waals surface area (Å²) in [5, 5.41) is 4.26. The maximum Gasteiger partial charge on any atom is 0.511 e. The highest BCUT2D eigenvalue weighted by atomic mass is 32.2. The highest BCUT2D eigenvalue weighted by molar-refractivity contribution is 7.90. The SMILES string of the molecule is CC[C@H](C)[C@H](CC(=O)C12CC(CCN1C)C2)C(=O)N(C)[C@H](C[C@@H](OC(C)=O)c1nc(C(=O)N[C@H](CNS(=O)(=O)C(F)(F)F)Cc2ccccc2)cs1)C(C)C. The molecule has 0 spiro atoms. The van der Waals surface area contributed by atoms with Crippen LogP contribution in [-0.2, 0) is 35.6 Å². The molecule has 3 fully saturated rings. The number of nitrogens with one attached hydrogen (secondary N) is 2. The van der Waals surface area contributed by atoms with Crippen molar-refractivity contribution >= 4 is 44.9 Å². The molecule has 2 N–H and O–H groups in total. The molecular weight excluding hydrogens is 760 g/mol. The topological polar surface area (TPSA) is 155 Å². The van der Waals surface area contributed by atoms with Gasteiger partial charge in [-0.15, -0.1) is 11.3 Å². The van der Waals surface area contributed by atoms with Crippen molar-refractivity contribution in [3.8, 4) is 0 Å². The Balaban J connectivity index is 1.52. The first-order valence-electron chi connectivity index (χ1n) is 18.7. The van der Waals surface area contributed by atoms with E-state index in [-0.39, 0.29) is 53.5 Å². The standard InChI is InChI=1S/C38H54F3N5O7S2/c1-8-24(4)29(17-33(48)37-19-27(20-37)14-15-45(37)6)36(50)46(7)31(23(2)3)18-32(53-25(5)47)35-44-30(22-54-35)34(49)43-28(16-26-12-10-9-11-13-26)21-42-55(51,52)38(39,40)41/h9-13,22-24,27-29,31-32,42H,8,14-21H2,1-7H3,(H,43,49)/t24-,27?,28-,29-,31+,32+,37?/m0/s1. The van der Waals surface area contributed by atoms with E-state index in [0.717, 1.165) is 37.1 Å². The summed E-state index contributed by atoms with van der Waals surface area (Å²) in [6.07, 6.45) is 2.77. The number of Topliss-reactive ketones (excluding diaryl/α,β-unsaturated/α-hetero) is 1. The first kappa shape index (κ1) is 44.3. The zero-order valence-corrected chi connectivity index (χ0v) is 34.2. The molecule has 3 aliphatic rings. The molecule has 2 aromatic rings. The molecule has 0 radical (unpaired) electrons. The minimum atomic E-state index is -5.67. The highest BCUT2D eigenvalue weighted by Gasteiger charge is 2.55. The van der Waals surface area contributed by atoms with Gasteiger partial charge < -0.3 is 15.0 Å². The van der Waals surface area contributed by atoms with Crippen molar-refractivity contribution < 1.29 is 45.5 Å².